The maximum absolute atomic E-state index is 10.9. The number of nitrogens with zero attached hydrogens (tertiary/aromatic N) is 1. The van der Waals surface area contributed by atoms with Gasteiger partial charge in [0.15, 0.2) is 0 Å². The Morgan fingerprint density at radius 1 is 1.33 bits per heavy atom. The molecule has 2 aliphatic carbocycles. The minimum atomic E-state index is -0.261. The fourth-order valence-corrected chi connectivity index (χ4v) is 4.06. The molecule has 0 aliphatic heterocycles. The molecule has 0 aromatic heterocycles. The van der Waals surface area contributed by atoms with E-state index in [2.05, 4.69) is 36.2 Å². The van der Waals surface area contributed by atoms with E-state index in [1.165, 1.54) is 30.4 Å². The maximum Gasteiger partial charge on any atom is 0.235 e. The topological polar surface area (TPSA) is 29.4 Å². The van der Waals surface area contributed by atoms with Gasteiger partial charge in [-0.05, 0) is 42.2 Å². The number of rotatable bonds is 1. The van der Waals surface area contributed by atoms with E-state index in [1.807, 2.05) is 6.08 Å². The standard InChI is InChI=1S/C16H19NO/c1-12-10-13-6-4-5-9-16(13,17-11-18)15-8-3-2-7-14(12)15/h2-3,7-8,12-13H,4-6,9-10H2,1H3/t12-,13+,16+/m1/s1. The smallest absolute Gasteiger partial charge is 0.211 e. The summed E-state index contributed by atoms with van der Waals surface area (Å²) in [6.45, 7) is 2.29. The Bertz CT molecular complexity index is 504. The van der Waals surface area contributed by atoms with Gasteiger partial charge in [-0.15, -0.1) is 0 Å². The minimum absolute atomic E-state index is 0.261. The highest BCUT2D eigenvalue weighted by Gasteiger charge is 2.47. The number of hydrogen-bond donors (Lipinski definition) is 0. The molecule has 0 radical (unpaired) electrons. The summed E-state index contributed by atoms with van der Waals surface area (Å²) >= 11 is 0. The van der Waals surface area contributed by atoms with Crippen LogP contribution in [-0.4, -0.2) is 6.08 Å². The maximum atomic E-state index is 10.9. The molecule has 0 bridgehead atoms. The first kappa shape index (κ1) is 11.7. The molecule has 0 amide bonds. The molecule has 0 spiro atoms. The van der Waals surface area contributed by atoms with E-state index in [1.54, 1.807) is 0 Å². The molecule has 0 N–H and O–H groups in total. The van der Waals surface area contributed by atoms with Crippen LogP contribution in [0.5, 0.6) is 0 Å². The second-order valence-electron chi connectivity index (χ2n) is 5.79. The van der Waals surface area contributed by atoms with Gasteiger partial charge in [-0.25, -0.2) is 4.79 Å². The van der Waals surface area contributed by atoms with E-state index in [-0.39, 0.29) is 5.54 Å². The fraction of sp³-hybridized carbons (Fsp3) is 0.562. The van der Waals surface area contributed by atoms with Gasteiger partial charge in [0.05, 0.1) is 0 Å². The van der Waals surface area contributed by atoms with Crippen molar-refractivity contribution in [1.29, 1.82) is 0 Å². The summed E-state index contributed by atoms with van der Waals surface area (Å²) in [5, 5.41) is 0. The van der Waals surface area contributed by atoms with Crippen LogP contribution in [0.1, 0.15) is 56.1 Å². The van der Waals surface area contributed by atoms with Crippen molar-refractivity contribution in [2.24, 2.45) is 10.9 Å². The Labute approximate surface area is 108 Å². The number of carbonyl (C=O) groups excluding carboxylic acids is 1. The molecule has 0 unspecified atom stereocenters. The van der Waals surface area contributed by atoms with E-state index in [9.17, 15) is 4.79 Å². The largest absolute Gasteiger partial charge is 0.235 e. The van der Waals surface area contributed by atoms with Crippen LogP contribution in [-0.2, 0) is 10.3 Å². The lowest BCUT2D eigenvalue weighted by Crippen LogP contribution is -2.41. The van der Waals surface area contributed by atoms with Crippen molar-refractivity contribution in [1.82, 2.24) is 0 Å². The van der Waals surface area contributed by atoms with Gasteiger partial charge >= 0.3 is 0 Å². The molecule has 3 rings (SSSR count). The molecule has 2 aliphatic rings. The van der Waals surface area contributed by atoms with E-state index in [4.69, 9.17) is 0 Å². The highest BCUT2D eigenvalue weighted by Crippen LogP contribution is 2.53. The van der Waals surface area contributed by atoms with Gasteiger partial charge in [-0.3, -0.25) is 0 Å². The number of hydrogen-bond acceptors (Lipinski definition) is 2. The molecule has 2 heteroatoms. The third kappa shape index (κ3) is 1.56. The summed E-state index contributed by atoms with van der Waals surface area (Å²) < 4.78 is 0. The normalized spacial score (nSPS) is 34.1. The molecule has 18 heavy (non-hydrogen) atoms. The van der Waals surface area contributed by atoms with Crippen molar-refractivity contribution >= 4 is 6.08 Å². The molecule has 2 nitrogen and oxygen atoms in total. The van der Waals surface area contributed by atoms with Crippen LogP contribution in [0.2, 0.25) is 0 Å². The quantitative estimate of drug-likeness (QED) is 0.541. The lowest BCUT2D eigenvalue weighted by atomic mass is 9.60. The van der Waals surface area contributed by atoms with E-state index < -0.39 is 0 Å². The number of isocyanates is 1. The van der Waals surface area contributed by atoms with Gasteiger partial charge in [0.1, 0.15) is 5.54 Å². The second-order valence-corrected chi connectivity index (χ2v) is 5.79. The fourth-order valence-electron chi connectivity index (χ4n) is 4.06. The Hall–Kier alpha value is -1.40. The first-order valence-corrected chi connectivity index (χ1v) is 6.96. The Kier molecular flexibility index (Phi) is 2.83. The number of benzene rings is 1. The van der Waals surface area contributed by atoms with Crippen molar-refractivity contribution in [3.8, 4) is 0 Å². The zero-order valence-corrected chi connectivity index (χ0v) is 10.9. The summed E-state index contributed by atoms with van der Waals surface area (Å²) in [4.78, 5) is 15.2. The third-order valence-corrected chi connectivity index (χ3v) is 4.88. The average molecular weight is 241 g/mol. The molecule has 1 saturated carbocycles. The first-order chi connectivity index (χ1) is 8.78. The van der Waals surface area contributed by atoms with Gasteiger partial charge in [-0.1, -0.05) is 44.0 Å². The van der Waals surface area contributed by atoms with Crippen molar-refractivity contribution in [3.05, 3.63) is 35.4 Å². The minimum Gasteiger partial charge on any atom is -0.211 e. The van der Waals surface area contributed by atoms with Gasteiger partial charge in [0, 0.05) is 0 Å². The van der Waals surface area contributed by atoms with Crippen molar-refractivity contribution in [2.45, 2.75) is 50.5 Å². The van der Waals surface area contributed by atoms with Crippen LogP contribution in [0.25, 0.3) is 0 Å². The van der Waals surface area contributed by atoms with Gasteiger partial charge in [0.25, 0.3) is 0 Å². The lowest BCUT2D eigenvalue weighted by molar-refractivity contribution is 0.157. The molecular weight excluding hydrogens is 222 g/mol. The summed E-state index contributed by atoms with van der Waals surface area (Å²) in [5.74, 6) is 1.11. The van der Waals surface area contributed by atoms with E-state index >= 15 is 0 Å². The lowest BCUT2D eigenvalue weighted by Gasteiger charge is -2.46. The van der Waals surface area contributed by atoms with Crippen molar-refractivity contribution in [2.75, 3.05) is 0 Å². The second kappa shape index (κ2) is 4.37. The zero-order valence-electron chi connectivity index (χ0n) is 10.9. The van der Waals surface area contributed by atoms with E-state index in [0.29, 0.717) is 11.8 Å². The third-order valence-electron chi connectivity index (χ3n) is 4.88. The first-order valence-electron chi connectivity index (χ1n) is 6.96. The molecule has 1 aromatic rings. The molecule has 0 saturated heterocycles. The van der Waals surface area contributed by atoms with Crippen molar-refractivity contribution in [3.63, 3.8) is 0 Å². The number of aliphatic imine (C=N–C) groups is 1. The van der Waals surface area contributed by atoms with Gasteiger partial charge in [-0.2, -0.15) is 4.99 Å². The molecule has 94 valence electrons. The Morgan fingerprint density at radius 2 is 2.17 bits per heavy atom. The van der Waals surface area contributed by atoms with E-state index in [0.717, 1.165) is 12.8 Å². The number of fused-ring (bicyclic) bond motifs is 3. The molecule has 3 atom stereocenters. The average Bonchev–Trinajstić information content (AvgIpc) is 2.41. The Balaban J connectivity index is 2.20. The summed E-state index contributed by atoms with van der Waals surface area (Å²) in [6.07, 6.45) is 7.67. The molecule has 1 fully saturated rings. The SMILES string of the molecule is C[C@@H]1C[C@@H]2CCCC[C@@]2(N=C=O)c2ccccc21. The van der Waals surface area contributed by atoms with Gasteiger partial charge < -0.3 is 0 Å². The van der Waals surface area contributed by atoms with Crippen LogP contribution < -0.4 is 0 Å². The monoisotopic (exact) mass is 241 g/mol. The van der Waals surface area contributed by atoms with Crippen LogP contribution in [0.15, 0.2) is 29.3 Å². The van der Waals surface area contributed by atoms with Crippen LogP contribution in [0.3, 0.4) is 0 Å². The summed E-state index contributed by atoms with van der Waals surface area (Å²) in [7, 11) is 0. The molecular formula is C16H19NO. The predicted octanol–water partition coefficient (Wildman–Crippen LogP) is 3.92. The predicted molar refractivity (Wildman–Crippen MR) is 71.2 cm³/mol. The zero-order chi connectivity index (χ0) is 12.6. The van der Waals surface area contributed by atoms with Crippen molar-refractivity contribution < 1.29 is 4.79 Å². The highest BCUT2D eigenvalue weighted by atomic mass is 16.1. The molecule has 0 heterocycles. The molecule has 1 aromatic carbocycles. The van der Waals surface area contributed by atoms with Gasteiger partial charge in [0.2, 0.25) is 6.08 Å². The van der Waals surface area contributed by atoms with Crippen LogP contribution >= 0.6 is 0 Å². The van der Waals surface area contributed by atoms with Crippen LogP contribution in [0.4, 0.5) is 0 Å². The highest BCUT2D eigenvalue weighted by molar-refractivity contribution is 5.45. The summed E-state index contributed by atoms with van der Waals surface area (Å²) in [5.41, 5.74) is 2.41. The summed E-state index contributed by atoms with van der Waals surface area (Å²) in [6, 6.07) is 8.54. The Morgan fingerprint density at radius 3 is 3.00 bits per heavy atom. The van der Waals surface area contributed by atoms with Crippen LogP contribution in [0, 0.1) is 5.92 Å².